The number of ether oxygens (including phenoxy) is 1. The van der Waals surface area contributed by atoms with E-state index in [4.69, 9.17) is 4.74 Å². The zero-order chi connectivity index (χ0) is 22.0. The van der Waals surface area contributed by atoms with Gasteiger partial charge in [-0.2, -0.15) is 21.6 Å². The Morgan fingerprint density at radius 3 is 2.28 bits per heavy atom. The Labute approximate surface area is 170 Å². The summed E-state index contributed by atoms with van der Waals surface area (Å²) in [5.41, 5.74) is -4.85. The van der Waals surface area contributed by atoms with Gasteiger partial charge in [-0.05, 0) is 31.9 Å². The van der Waals surface area contributed by atoms with Gasteiger partial charge in [-0.25, -0.2) is 0 Å². The fourth-order valence-corrected chi connectivity index (χ4v) is 5.82. The summed E-state index contributed by atoms with van der Waals surface area (Å²) in [6, 6.07) is 4.49. The quantitative estimate of drug-likeness (QED) is 0.285. The Hall–Kier alpha value is -1.75. The van der Waals surface area contributed by atoms with Crippen LogP contribution in [0, 0.1) is 5.92 Å². The molecule has 0 aromatic heterocycles. The zero-order valence-electron chi connectivity index (χ0n) is 16.9. The molecule has 6 nitrogen and oxygen atoms in total. The van der Waals surface area contributed by atoms with Crippen molar-refractivity contribution < 1.29 is 35.3 Å². The van der Waals surface area contributed by atoms with Crippen LogP contribution < -0.4 is 14.3 Å². The lowest BCUT2D eigenvalue weighted by Crippen LogP contribution is -2.46. The standard InChI is InChI=1S/C18H26F3NO5SSi/c1-5-26-17(23)13-9-11-22(12-10-13)14-7-6-8-15(16(14)29(2,3)4)27-28(24,25)18(19,20)21/h6-8,13H,5,9-12H2,1-4H3. The van der Waals surface area contributed by atoms with E-state index in [1.165, 1.54) is 12.1 Å². The summed E-state index contributed by atoms with van der Waals surface area (Å²) in [6.07, 6.45) is 1.10. The average molecular weight is 454 g/mol. The maximum absolute atomic E-state index is 12.8. The highest BCUT2D eigenvalue weighted by Gasteiger charge is 2.49. The van der Waals surface area contributed by atoms with Gasteiger partial charge in [0.05, 0.1) is 20.6 Å². The van der Waals surface area contributed by atoms with Crippen LogP contribution in [0.15, 0.2) is 18.2 Å². The van der Waals surface area contributed by atoms with Crippen molar-refractivity contribution in [1.29, 1.82) is 0 Å². The molecule has 11 heteroatoms. The number of carbonyl (C=O) groups is 1. The smallest absolute Gasteiger partial charge is 0.466 e. The van der Waals surface area contributed by atoms with E-state index in [2.05, 4.69) is 4.18 Å². The van der Waals surface area contributed by atoms with Gasteiger partial charge in [0.25, 0.3) is 0 Å². The molecule has 29 heavy (non-hydrogen) atoms. The minimum atomic E-state index is -5.76. The van der Waals surface area contributed by atoms with Gasteiger partial charge in [0, 0.05) is 24.0 Å². The number of hydrogen-bond acceptors (Lipinski definition) is 6. The van der Waals surface area contributed by atoms with Crippen molar-refractivity contribution in [2.24, 2.45) is 5.92 Å². The van der Waals surface area contributed by atoms with Crippen molar-refractivity contribution in [2.45, 2.75) is 44.9 Å². The molecule has 0 unspecified atom stereocenters. The third-order valence-electron chi connectivity index (χ3n) is 4.69. The van der Waals surface area contributed by atoms with Crippen LogP contribution in [0.1, 0.15) is 19.8 Å². The highest BCUT2D eigenvalue weighted by molar-refractivity contribution is 7.88. The van der Waals surface area contributed by atoms with Crippen LogP contribution in [-0.2, 0) is 19.6 Å². The van der Waals surface area contributed by atoms with Crippen molar-refractivity contribution in [1.82, 2.24) is 0 Å². The van der Waals surface area contributed by atoms with Gasteiger partial charge < -0.3 is 13.8 Å². The molecule has 1 aromatic rings. The predicted molar refractivity (Wildman–Crippen MR) is 107 cm³/mol. The van der Waals surface area contributed by atoms with Crippen molar-refractivity contribution in [3.8, 4) is 5.75 Å². The number of halogens is 3. The number of nitrogens with zero attached hydrogens (tertiary/aromatic N) is 1. The molecule has 0 N–H and O–H groups in total. The largest absolute Gasteiger partial charge is 0.534 e. The minimum Gasteiger partial charge on any atom is -0.466 e. The highest BCUT2D eigenvalue weighted by atomic mass is 32.2. The molecule has 1 fully saturated rings. The molecular weight excluding hydrogens is 427 g/mol. The first-order valence-corrected chi connectivity index (χ1v) is 14.2. The first kappa shape index (κ1) is 23.5. The van der Waals surface area contributed by atoms with Crippen molar-refractivity contribution >= 4 is 35.0 Å². The minimum absolute atomic E-state index is 0.216. The van der Waals surface area contributed by atoms with E-state index in [-0.39, 0.29) is 17.6 Å². The molecule has 0 aliphatic carbocycles. The highest BCUT2D eigenvalue weighted by Crippen LogP contribution is 2.31. The Morgan fingerprint density at radius 1 is 1.21 bits per heavy atom. The van der Waals surface area contributed by atoms with Gasteiger partial charge >= 0.3 is 21.6 Å². The SMILES string of the molecule is CCOC(=O)C1CCN(c2cccc(OS(=O)(=O)C(F)(F)F)c2[Si](C)(C)C)CC1. The monoisotopic (exact) mass is 453 g/mol. The van der Waals surface area contributed by atoms with Crippen LogP contribution in [0.5, 0.6) is 5.75 Å². The van der Waals surface area contributed by atoms with Crippen molar-refractivity contribution in [3.63, 3.8) is 0 Å². The topological polar surface area (TPSA) is 72.9 Å². The Balaban J connectivity index is 2.36. The summed E-state index contributed by atoms with van der Waals surface area (Å²) < 4.78 is 71.2. The third-order valence-corrected chi connectivity index (χ3v) is 7.66. The summed E-state index contributed by atoms with van der Waals surface area (Å²) in [4.78, 5) is 13.9. The van der Waals surface area contributed by atoms with E-state index in [1.807, 2.05) is 24.5 Å². The molecule has 0 radical (unpaired) electrons. The van der Waals surface area contributed by atoms with Gasteiger partial charge in [0.1, 0.15) is 5.75 Å². The van der Waals surface area contributed by atoms with Crippen LogP contribution in [0.25, 0.3) is 0 Å². The maximum Gasteiger partial charge on any atom is 0.534 e. The molecule has 0 bridgehead atoms. The zero-order valence-corrected chi connectivity index (χ0v) is 18.7. The van der Waals surface area contributed by atoms with E-state index in [0.717, 1.165) is 0 Å². The number of anilines is 1. The second-order valence-corrected chi connectivity index (χ2v) is 14.4. The molecule has 1 aliphatic rings. The molecule has 164 valence electrons. The first-order chi connectivity index (χ1) is 13.3. The summed E-state index contributed by atoms with van der Waals surface area (Å²) in [5.74, 6) is -0.746. The lowest BCUT2D eigenvalue weighted by Gasteiger charge is -2.36. The van der Waals surface area contributed by atoms with Crippen molar-refractivity contribution in [3.05, 3.63) is 18.2 Å². The number of benzene rings is 1. The van der Waals surface area contributed by atoms with E-state index in [0.29, 0.717) is 43.4 Å². The maximum atomic E-state index is 12.8. The second kappa shape index (κ2) is 8.55. The number of piperidine rings is 1. The van der Waals surface area contributed by atoms with Gasteiger partial charge in [0.2, 0.25) is 0 Å². The Morgan fingerprint density at radius 2 is 1.79 bits per heavy atom. The van der Waals surface area contributed by atoms with Gasteiger partial charge in [-0.1, -0.05) is 25.7 Å². The lowest BCUT2D eigenvalue weighted by molar-refractivity contribution is -0.148. The summed E-state index contributed by atoms with van der Waals surface area (Å²) in [7, 11) is -8.07. The molecular formula is C18H26F3NO5SSi. The number of hydrogen-bond donors (Lipinski definition) is 0. The molecule has 1 heterocycles. The van der Waals surface area contributed by atoms with Gasteiger partial charge in [-0.3, -0.25) is 4.79 Å². The Bertz CT molecular complexity index is 844. The number of carbonyl (C=O) groups excluding carboxylic acids is 1. The predicted octanol–water partition coefficient (Wildman–Crippen LogP) is 3.24. The average Bonchev–Trinajstić information content (AvgIpc) is 2.59. The molecule has 1 aromatic carbocycles. The van der Waals surface area contributed by atoms with E-state index in [9.17, 15) is 26.4 Å². The van der Waals surface area contributed by atoms with Gasteiger partial charge in [-0.15, -0.1) is 0 Å². The van der Waals surface area contributed by atoms with E-state index >= 15 is 0 Å². The number of rotatable bonds is 6. The fraction of sp³-hybridized carbons (Fsp3) is 0.611. The third kappa shape index (κ3) is 5.44. The van der Waals surface area contributed by atoms with Crippen molar-refractivity contribution in [2.75, 3.05) is 24.6 Å². The lowest BCUT2D eigenvalue weighted by atomic mass is 9.96. The van der Waals surface area contributed by atoms with Gasteiger partial charge in [0.15, 0.2) is 0 Å². The molecule has 1 aliphatic heterocycles. The molecule has 1 saturated heterocycles. The number of alkyl halides is 3. The van der Waals surface area contributed by atoms with E-state index in [1.54, 1.807) is 13.0 Å². The van der Waals surface area contributed by atoms with E-state index < -0.39 is 23.7 Å². The summed E-state index contributed by atoms with van der Waals surface area (Å²) in [5, 5.41) is 0.502. The van der Waals surface area contributed by atoms with Crippen LogP contribution >= 0.6 is 0 Å². The molecule has 0 atom stereocenters. The molecule has 0 saturated carbocycles. The Kier molecular flexibility index (Phi) is 6.93. The molecule has 0 amide bonds. The molecule has 0 spiro atoms. The fourth-order valence-electron chi connectivity index (χ4n) is 3.39. The molecule has 2 rings (SSSR count). The van der Waals surface area contributed by atoms with Crippen LogP contribution in [-0.4, -0.2) is 47.7 Å². The second-order valence-electron chi connectivity index (χ2n) is 7.90. The van der Waals surface area contributed by atoms with Crippen LogP contribution in [0.3, 0.4) is 0 Å². The normalized spacial score (nSPS) is 16.6. The number of esters is 1. The van der Waals surface area contributed by atoms with Crippen LogP contribution in [0.4, 0.5) is 18.9 Å². The summed E-state index contributed by atoms with van der Waals surface area (Å²) in [6.45, 7) is 8.80. The first-order valence-electron chi connectivity index (χ1n) is 9.33. The summed E-state index contributed by atoms with van der Waals surface area (Å²) >= 11 is 0. The van der Waals surface area contributed by atoms with Crippen LogP contribution in [0.2, 0.25) is 19.6 Å².